The summed E-state index contributed by atoms with van der Waals surface area (Å²) in [5.41, 5.74) is 2.16. The fourth-order valence-electron chi connectivity index (χ4n) is 4.01. The summed E-state index contributed by atoms with van der Waals surface area (Å²) in [5.74, 6) is 0.937. The van der Waals surface area contributed by atoms with Crippen LogP contribution < -0.4 is 5.32 Å². The Morgan fingerprint density at radius 3 is 1.82 bits per heavy atom. The van der Waals surface area contributed by atoms with Gasteiger partial charge < -0.3 is 10.1 Å². The van der Waals surface area contributed by atoms with Gasteiger partial charge in [0.15, 0.2) is 0 Å². The zero-order valence-electron chi connectivity index (χ0n) is 20.8. The first-order valence-corrected chi connectivity index (χ1v) is 12.3. The zero-order chi connectivity index (χ0) is 24.1. The van der Waals surface area contributed by atoms with Crippen LogP contribution >= 0.6 is 0 Å². The number of ketones is 1. The summed E-state index contributed by atoms with van der Waals surface area (Å²) in [5, 5.41) is 2.79. The minimum absolute atomic E-state index is 0.233. The van der Waals surface area contributed by atoms with E-state index in [4.69, 9.17) is 4.74 Å². The van der Waals surface area contributed by atoms with Gasteiger partial charge >= 0.3 is 6.09 Å². The molecular weight excluding hydrogens is 410 g/mol. The van der Waals surface area contributed by atoms with Crippen molar-refractivity contribution in [3.05, 3.63) is 71.8 Å². The highest BCUT2D eigenvalue weighted by Crippen LogP contribution is 2.22. The summed E-state index contributed by atoms with van der Waals surface area (Å²) < 4.78 is 5.26. The molecule has 0 aliphatic carbocycles. The quantitative estimate of drug-likeness (QED) is 0.366. The Hall–Kier alpha value is -2.62. The number of Topliss-reactive ketones (excluding diaryl/α,β-unsaturated/α-hetero) is 1. The molecule has 0 fully saturated rings. The Morgan fingerprint density at radius 1 is 0.818 bits per heavy atom. The number of ether oxygens (including phenoxy) is 1. The van der Waals surface area contributed by atoms with Crippen LogP contribution in [0.4, 0.5) is 4.79 Å². The molecule has 1 atom stereocenters. The fourth-order valence-corrected chi connectivity index (χ4v) is 4.01. The molecule has 0 bridgehead atoms. The van der Waals surface area contributed by atoms with Crippen LogP contribution in [0.15, 0.2) is 60.7 Å². The predicted octanol–water partition coefficient (Wildman–Crippen LogP) is 6.77. The third-order valence-electron chi connectivity index (χ3n) is 5.77. The number of rotatable bonds is 13. The van der Waals surface area contributed by atoms with Crippen LogP contribution in [0.25, 0.3) is 0 Å². The molecule has 0 heterocycles. The van der Waals surface area contributed by atoms with Crippen LogP contribution in [0.5, 0.6) is 0 Å². The van der Waals surface area contributed by atoms with Crippen LogP contribution in [0.3, 0.4) is 0 Å². The zero-order valence-corrected chi connectivity index (χ0v) is 20.8. The van der Waals surface area contributed by atoms with Gasteiger partial charge in [-0.2, -0.15) is 0 Å². The maximum Gasteiger partial charge on any atom is 0.407 e. The van der Waals surface area contributed by atoms with Gasteiger partial charge in [-0.05, 0) is 75.8 Å². The second-order valence-electron chi connectivity index (χ2n) is 10.2. The summed E-state index contributed by atoms with van der Waals surface area (Å²) in [6, 6.07) is 21.0. The maximum atomic E-state index is 12.9. The predicted molar refractivity (Wildman–Crippen MR) is 135 cm³/mol. The molecule has 4 heteroatoms. The van der Waals surface area contributed by atoms with Gasteiger partial charge in [0.25, 0.3) is 0 Å². The van der Waals surface area contributed by atoms with Crippen LogP contribution in [-0.4, -0.2) is 24.0 Å². The Kier molecular flexibility index (Phi) is 11.2. The van der Waals surface area contributed by atoms with Gasteiger partial charge in [-0.3, -0.25) is 4.79 Å². The molecule has 2 aromatic carbocycles. The number of hydrogen-bond acceptors (Lipinski definition) is 3. The van der Waals surface area contributed by atoms with Crippen molar-refractivity contribution in [1.82, 2.24) is 5.32 Å². The molecule has 1 N–H and O–H groups in total. The van der Waals surface area contributed by atoms with E-state index in [0.29, 0.717) is 31.1 Å². The van der Waals surface area contributed by atoms with Gasteiger partial charge in [0, 0.05) is 19.4 Å². The molecule has 4 nitrogen and oxygen atoms in total. The third-order valence-corrected chi connectivity index (χ3v) is 5.77. The second-order valence-corrected chi connectivity index (χ2v) is 10.2. The van der Waals surface area contributed by atoms with Crippen LogP contribution in [0, 0.1) is 11.8 Å². The standard InChI is InChI=1S/C29H41NO3/c1-23(19-20-30-28(32)33-29(2,3)4)21-27(31)22-26(17-15-24-11-7-5-8-12-24)18-16-25-13-9-6-10-14-25/h5-14,23,26H,15-22H2,1-4H3,(H,30,32)/t23-/m0/s1. The Bertz CT molecular complexity index is 783. The summed E-state index contributed by atoms with van der Waals surface area (Å²) in [7, 11) is 0. The Labute approximate surface area is 200 Å². The first-order valence-electron chi connectivity index (χ1n) is 12.3. The number of amides is 1. The first kappa shape index (κ1) is 26.6. The van der Waals surface area contributed by atoms with Crippen molar-refractivity contribution in [2.75, 3.05) is 6.54 Å². The number of benzene rings is 2. The van der Waals surface area contributed by atoms with Crippen molar-refractivity contribution in [1.29, 1.82) is 0 Å². The lowest BCUT2D eigenvalue weighted by Crippen LogP contribution is -2.33. The van der Waals surface area contributed by atoms with Gasteiger partial charge in [-0.25, -0.2) is 4.79 Å². The normalized spacial score (nSPS) is 12.4. The number of aryl methyl sites for hydroxylation is 2. The molecule has 0 saturated heterocycles. The van der Waals surface area contributed by atoms with Gasteiger partial charge in [0.2, 0.25) is 0 Å². The van der Waals surface area contributed by atoms with Gasteiger partial charge in [-0.1, -0.05) is 67.6 Å². The van der Waals surface area contributed by atoms with Crippen molar-refractivity contribution in [2.24, 2.45) is 11.8 Å². The largest absolute Gasteiger partial charge is 0.444 e. The highest BCUT2D eigenvalue weighted by Gasteiger charge is 2.18. The van der Waals surface area contributed by atoms with E-state index >= 15 is 0 Å². The molecular formula is C29H41NO3. The van der Waals surface area contributed by atoms with E-state index in [1.807, 2.05) is 32.9 Å². The van der Waals surface area contributed by atoms with Crippen LogP contribution in [-0.2, 0) is 22.4 Å². The van der Waals surface area contributed by atoms with Crippen molar-refractivity contribution in [2.45, 2.75) is 78.2 Å². The van der Waals surface area contributed by atoms with E-state index in [-0.39, 0.29) is 5.92 Å². The molecule has 180 valence electrons. The summed E-state index contributed by atoms with van der Waals surface area (Å²) in [6.07, 6.45) is 5.61. The number of alkyl carbamates (subject to hydrolysis) is 1. The summed E-state index contributed by atoms with van der Waals surface area (Å²) in [6.45, 7) is 8.14. The SMILES string of the molecule is C[C@@H](CCNC(=O)OC(C)(C)C)CC(=O)CC(CCc1ccccc1)CCc1ccccc1. The number of carbonyl (C=O) groups excluding carboxylic acids is 2. The fraction of sp³-hybridized carbons (Fsp3) is 0.517. The smallest absolute Gasteiger partial charge is 0.407 e. The van der Waals surface area contributed by atoms with Gasteiger partial charge in [0.05, 0.1) is 0 Å². The van der Waals surface area contributed by atoms with Crippen molar-refractivity contribution < 1.29 is 14.3 Å². The lowest BCUT2D eigenvalue weighted by molar-refractivity contribution is -0.120. The topological polar surface area (TPSA) is 55.4 Å². The van der Waals surface area contributed by atoms with E-state index in [2.05, 4.69) is 60.8 Å². The van der Waals surface area contributed by atoms with Crippen LogP contribution in [0.2, 0.25) is 0 Å². The number of carbonyl (C=O) groups is 2. The molecule has 0 unspecified atom stereocenters. The maximum absolute atomic E-state index is 12.9. The molecule has 0 aliphatic rings. The second kappa shape index (κ2) is 13.8. The molecule has 2 aromatic rings. The number of nitrogens with one attached hydrogen (secondary N) is 1. The number of hydrogen-bond donors (Lipinski definition) is 1. The van der Waals surface area contributed by atoms with E-state index in [9.17, 15) is 9.59 Å². The Balaban J connectivity index is 1.80. The van der Waals surface area contributed by atoms with Crippen molar-refractivity contribution >= 4 is 11.9 Å². The highest BCUT2D eigenvalue weighted by atomic mass is 16.6. The van der Waals surface area contributed by atoms with Crippen molar-refractivity contribution in [3.63, 3.8) is 0 Å². The molecule has 1 amide bonds. The minimum Gasteiger partial charge on any atom is -0.444 e. The average Bonchev–Trinajstić information content (AvgIpc) is 2.75. The van der Waals surface area contributed by atoms with E-state index in [1.54, 1.807) is 0 Å². The summed E-state index contributed by atoms with van der Waals surface area (Å²) >= 11 is 0. The minimum atomic E-state index is -0.500. The monoisotopic (exact) mass is 451 g/mol. The molecule has 0 aromatic heterocycles. The molecule has 0 saturated carbocycles. The highest BCUT2D eigenvalue weighted by molar-refractivity contribution is 5.78. The van der Waals surface area contributed by atoms with E-state index in [0.717, 1.165) is 32.1 Å². The average molecular weight is 452 g/mol. The lowest BCUT2D eigenvalue weighted by atomic mass is 9.87. The van der Waals surface area contributed by atoms with Crippen LogP contribution in [0.1, 0.15) is 70.9 Å². The van der Waals surface area contributed by atoms with Crippen molar-refractivity contribution in [3.8, 4) is 0 Å². The van der Waals surface area contributed by atoms with E-state index < -0.39 is 11.7 Å². The molecule has 0 aliphatic heterocycles. The molecule has 2 rings (SSSR count). The lowest BCUT2D eigenvalue weighted by Gasteiger charge is -2.20. The first-order chi connectivity index (χ1) is 15.7. The molecule has 0 spiro atoms. The third kappa shape index (κ3) is 12.3. The Morgan fingerprint density at radius 2 is 1.33 bits per heavy atom. The molecule has 33 heavy (non-hydrogen) atoms. The van der Waals surface area contributed by atoms with E-state index in [1.165, 1.54) is 11.1 Å². The van der Waals surface area contributed by atoms with Gasteiger partial charge in [0.1, 0.15) is 11.4 Å². The summed E-state index contributed by atoms with van der Waals surface area (Å²) in [4.78, 5) is 24.6. The van der Waals surface area contributed by atoms with Gasteiger partial charge in [-0.15, -0.1) is 0 Å². The molecule has 0 radical (unpaired) electrons.